The molecule has 3 aromatic carbocycles. The number of aryl methyl sites for hydroxylation is 1. The zero-order valence-electron chi connectivity index (χ0n) is 12.7. The highest BCUT2D eigenvalue weighted by atomic mass is 16.7. The van der Waals surface area contributed by atoms with E-state index >= 15 is 0 Å². The summed E-state index contributed by atoms with van der Waals surface area (Å²) in [5.41, 5.74) is 2.70. The van der Waals surface area contributed by atoms with E-state index in [-0.39, 0.29) is 0 Å². The van der Waals surface area contributed by atoms with Crippen molar-refractivity contribution in [3.63, 3.8) is 0 Å². The van der Waals surface area contributed by atoms with Crippen LogP contribution in [0.15, 0.2) is 78.9 Å². The van der Waals surface area contributed by atoms with Gasteiger partial charge in [-0.3, -0.25) is 0 Å². The molecule has 0 radical (unpaired) electrons. The van der Waals surface area contributed by atoms with E-state index in [2.05, 4.69) is 0 Å². The SMILES string of the molecule is Cc1ccccc1OC(=O)Oc1ccccc1-c1ccccc1. The molecule has 3 rings (SSSR count). The van der Waals surface area contributed by atoms with E-state index in [1.807, 2.05) is 73.7 Å². The standard InChI is InChI=1S/C20H16O3/c1-15-9-5-7-13-18(15)22-20(21)23-19-14-8-6-12-17(19)16-10-3-2-4-11-16/h2-14H,1H3. The number of para-hydroxylation sites is 2. The smallest absolute Gasteiger partial charge is 0.394 e. The summed E-state index contributed by atoms with van der Waals surface area (Å²) < 4.78 is 10.7. The van der Waals surface area contributed by atoms with Crippen LogP contribution in [0.2, 0.25) is 0 Å². The van der Waals surface area contributed by atoms with Gasteiger partial charge in [0.25, 0.3) is 0 Å². The first-order valence-electron chi connectivity index (χ1n) is 7.34. The molecule has 0 heterocycles. The quantitative estimate of drug-likeness (QED) is 0.490. The summed E-state index contributed by atoms with van der Waals surface area (Å²) in [5, 5.41) is 0. The lowest BCUT2D eigenvalue weighted by molar-refractivity contribution is 0.152. The van der Waals surface area contributed by atoms with E-state index in [0.717, 1.165) is 16.7 Å². The van der Waals surface area contributed by atoms with Gasteiger partial charge in [-0.1, -0.05) is 66.7 Å². The van der Waals surface area contributed by atoms with E-state index in [0.29, 0.717) is 11.5 Å². The summed E-state index contributed by atoms with van der Waals surface area (Å²) in [6.07, 6.45) is -0.748. The van der Waals surface area contributed by atoms with Gasteiger partial charge in [-0.15, -0.1) is 0 Å². The van der Waals surface area contributed by atoms with Gasteiger partial charge in [-0.2, -0.15) is 0 Å². The van der Waals surface area contributed by atoms with Crippen LogP contribution in [0.25, 0.3) is 11.1 Å². The second-order valence-electron chi connectivity index (χ2n) is 5.08. The summed E-state index contributed by atoms with van der Waals surface area (Å²) in [4.78, 5) is 12.1. The highest BCUT2D eigenvalue weighted by Crippen LogP contribution is 2.30. The molecule has 3 heteroatoms. The van der Waals surface area contributed by atoms with Crippen LogP contribution in [0.3, 0.4) is 0 Å². The highest BCUT2D eigenvalue weighted by molar-refractivity contribution is 5.75. The fraction of sp³-hybridized carbons (Fsp3) is 0.0500. The second-order valence-corrected chi connectivity index (χ2v) is 5.08. The Morgan fingerprint density at radius 2 is 1.26 bits per heavy atom. The number of ether oxygens (including phenoxy) is 2. The van der Waals surface area contributed by atoms with Crippen molar-refractivity contribution in [2.24, 2.45) is 0 Å². The van der Waals surface area contributed by atoms with Gasteiger partial charge in [-0.25, -0.2) is 4.79 Å². The third-order valence-corrected chi connectivity index (χ3v) is 3.45. The monoisotopic (exact) mass is 304 g/mol. The van der Waals surface area contributed by atoms with E-state index in [1.165, 1.54) is 0 Å². The van der Waals surface area contributed by atoms with Crippen molar-refractivity contribution in [1.29, 1.82) is 0 Å². The van der Waals surface area contributed by atoms with Crippen molar-refractivity contribution in [2.75, 3.05) is 0 Å². The van der Waals surface area contributed by atoms with Crippen LogP contribution in [0.4, 0.5) is 4.79 Å². The number of carbonyl (C=O) groups is 1. The van der Waals surface area contributed by atoms with Crippen molar-refractivity contribution < 1.29 is 14.3 Å². The molecule has 23 heavy (non-hydrogen) atoms. The first kappa shape index (κ1) is 14.9. The average molecular weight is 304 g/mol. The van der Waals surface area contributed by atoms with Crippen LogP contribution in [0, 0.1) is 6.92 Å². The molecule has 0 aromatic heterocycles. The number of carbonyl (C=O) groups excluding carboxylic acids is 1. The van der Waals surface area contributed by atoms with E-state index < -0.39 is 6.16 Å². The predicted octanol–water partition coefficient (Wildman–Crippen LogP) is 5.24. The molecule has 0 spiro atoms. The van der Waals surface area contributed by atoms with Crippen molar-refractivity contribution >= 4 is 6.16 Å². The highest BCUT2D eigenvalue weighted by Gasteiger charge is 2.13. The maximum absolute atomic E-state index is 12.1. The first-order chi connectivity index (χ1) is 11.2. The lowest BCUT2D eigenvalue weighted by atomic mass is 10.1. The minimum Gasteiger partial charge on any atom is -0.394 e. The molecule has 0 bridgehead atoms. The van der Waals surface area contributed by atoms with Crippen LogP contribution >= 0.6 is 0 Å². The Morgan fingerprint density at radius 1 is 0.696 bits per heavy atom. The van der Waals surface area contributed by atoms with Crippen molar-refractivity contribution in [3.05, 3.63) is 84.4 Å². The second kappa shape index (κ2) is 6.79. The maximum Gasteiger partial charge on any atom is 0.519 e. The average Bonchev–Trinajstić information content (AvgIpc) is 2.58. The molecule has 0 fully saturated rings. The maximum atomic E-state index is 12.1. The van der Waals surface area contributed by atoms with Gasteiger partial charge < -0.3 is 9.47 Å². The van der Waals surface area contributed by atoms with Crippen molar-refractivity contribution in [3.8, 4) is 22.6 Å². The molecule has 0 amide bonds. The Morgan fingerprint density at radius 3 is 2.00 bits per heavy atom. The van der Waals surface area contributed by atoms with Crippen molar-refractivity contribution in [1.82, 2.24) is 0 Å². The van der Waals surface area contributed by atoms with Gasteiger partial charge in [0.1, 0.15) is 11.5 Å². The minimum absolute atomic E-state index is 0.470. The molecule has 3 aromatic rings. The summed E-state index contributed by atoms with van der Waals surface area (Å²) in [5.74, 6) is 0.965. The molecule has 0 atom stereocenters. The Labute approximate surface area is 135 Å². The van der Waals surface area contributed by atoms with Crippen LogP contribution in [0.5, 0.6) is 11.5 Å². The van der Waals surface area contributed by atoms with Gasteiger partial charge in [0.15, 0.2) is 0 Å². The molecule has 3 nitrogen and oxygen atoms in total. The van der Waals surface area contributed by atoms with E-state index in [1.54, 1.807) is 12.1 Å². The summed E-state index contributed by atoms with van der Waals surface area (Å²) in [6.45, 7) is 1.88. The predicted molar refractivity (Wildman–Crippen MR) is 89.7 cm³/mol. The normalized spacial score (nSPS) is 10.1. The third kappa shape index (κ3) is 3.58. The fourth-order valence-electron chi connectivity index (χ4n) is 2.28. The molecule has 0 aliphatic rings. The molecule has 0 saturated heterocycles. The molecular formula is C20H16O3. The topological polar surface area (TPSA) is 35.5 Å². The minimum atomic E-state index is -0.748. The number of rotatable bonds is 3. The van der Waals surface area contributed by atoms with Crippen LogP contribution in [-0.4, -0.2) is 6.16 Å². The number of benzene rings is 3. The van der Waals surface area contributed by atoms with Crippen LogP contribution in [-0.2, 0) is 0 Å². The number of hydrogen-bond acceptors (Lipinski definition) is 3. The Bertz CT molecular complexity index is 810. The Balaban J connectivity index is 1.81. The van der Waals surface area contributed by atoms with Gasteiger partial charge >= 0.3 is 6.16 Å². The summed E-state index contributed by atoms with van der Waals surface area (Å²) >= 11 is 0. The fourth-order valence-corrected chi connectivity index (χ4v) is 2.28. The van der Waals surface area contributed by atoms with Gasteiger partial charge in [0.2, 0.25) is 0 Å². The zero-order valence-corrected chi connectivity index (χ0v) is 12.7. The lowest BCUT2D eigenvalue weighted by Crippen LogP contribution is -2.14. The first-order valence-corrected chi connectivity index (χ1v) is 7.34. The van der Waals surface area contributed by atoms with Gasteiger partial charge in [0, 0.05) is 5.56 Å². The lowest BCUT2D eigenvalue weighted by Gasteiger charge is -2.11. The molecule has 0 aliphatic heterocycles. The summed E-state index contributed by atoms with van der Waals surface area (Å²) in [7, 11) is 0. The molecule has 0 saturated carbocycles. The van der Waals surface area contributed by atoms with Crippen LogP contribution in [0.1, 0.15) is 5.56 Å². The number of hydrogen-bond donors (Lipinski definition) is 0. The van der Waals surface area contributed by atoms with Gasteiger partial charge in [-0.05, 0) is 30.2 Å². The van der Waals surface area contributed by atoms with Gasteiger partial charge in [0.05, 0.1) is 0 Å². The molecule has 0 aliphatic carbocycles. The molecule has 0 unspecified atom stereocenters. The molecule has 114 valence electrons. The van der Waals surface area contributed by atoms with E-state index in [4.69, 9.17) is 9.47 Å². The zero-order chi connectivity index (χ0) is 16.1. The largest absolute Gasteiger partial charge is 0.519 e. The molecular weight excluding hydrogens is 288 g/mol. The summed E-state index contributed by atoms with van der Waals surface area (Å²) in [6, 6.07) is 24.5. The third-order valence-electron chi connectivity index (χ3n) is 3.45. The van der Waals surface area contributed by atoms with Crippen LogP contribution < -0.4 is 9.47 Å². The Hall–Kier alpha value is -3.07. The Kier molecular flexibility index (Phi) is 4.39. The van der Waals surface area contributed by atoms with E-state index in [9.17, 15) is 4.79 Å². The van der Waals surface area contributed by atoms with Crippen molar-refractivity contribution in [2.45, 2.75) is 6.92 Å². The molecule has 0 N–H and O–H groups in total.